The minimum atomic E-state index is -0.201. The van der Waals surface area contributed by atoms with Gasteiger partial charge in [0.1, 0.15) is 0 Å². The summed E-state index contributed by atoms with van der Waals surface area (Å²) in [4.78, 5) is 11.5. The van der Waals surface area contributed by atoms with Gasteiger partial charge in [-0.15, -0.1) is 0 Å². The minimum Gasteiger partial charge on any atom is -0.337 e. The molecule has 0 atom stereocenters. The molecule has 2 amide bonds. The van der Waals surface area contributed by atoms with Crippen LogP contribution < -0.4 is 9.62 Å². The number of nitrogens with one attached hydrogen (secondary N) is 1. The number of carbonyl (C=O) groups excluding carboxylic acids is 1. The van der Waals surface area contributed by atoms with Crippen molar-refractivity contribution in [2.24, 2.45) is 0 Å². The summed E-state index contributed by atoms with van der Waals surface area (Å²) in [5.41, 5.74) is 3.03. The summed E-state index contributed by atoms with van der Waals surface area (Å²) in [5, 5.41) is 2.70. The number of hydrogen-bond donors (Lipinski definition) is 2. The van der Waals surface area contributed by atoms with Gasteiger partial charge in [-0.3, -0.25) is 0 Å². The van der Waals surface area contributed by atoms with Crippen molar-refractivity contribution in [2.45, 2.75) is 20.8 Å². The Labute approximate surface area is 96.0 Å². The van der Waals surface area contributed by atoms with E-state index in [4.69, 9.17) is 0 Å². The maximum atomic E-state index is 11.5. The molecule has 0 bridgehead atoms. The standard InChI is InChI=1S/C11H16N2OS/c1-4-12-11(14)13(15)10-6-5-8(2)7-9(10)3/h5-7,15H,4H2,1-3H3,(H,12,14). The fourth-order valence-electron chi connectivity index (χ4n) is 1.38. The van der Waals surface area contributed by atoms with Crippen LogP contribution in [0.3, 0.4) is 0 Å². The quantitative estimate of drug-likeness (QED) is 0.744. The zero-order valence-electron chi connectivity index (χ0n) is 9.24. The molecule has 1 aromatic rings. The van der Waals surface area contributed by atoms with Gasteiger partial charge >= 0.3 is 6.03 Å². The Hall–Kier alpha value is -1.16. The molecule has 0 saturated heterocycles. The molecular formula is C11H16N2OS. The van der Waals surface area contributed by atoms with Crippen molar-refractivity contribution in [3.8, 4) is 0 Å². The van der Waals surface area contributed by atoms with Crippen LogP contribution in [0.15, 0.2) is 18.2 Å². The second kappa shape index (κ2) is 5.07. The lowest BCUT2D eigenvalue weighted by atomic mass is 10.1. The van der Waals surface area contributed by atoms with Crippen molar-refractivity contribution < 1.29 is 4.79 Å². The van der Waals surface area contributed by atoms with Gasteiger partial charge in [-0.25, -0.2) is 9.10 Å². The third-order valence-electron chi connectivity index (χ3n) is 2.10. The molecule has 0 aliphatic rings. The summed E-state index contributed by atoms with van der Waals surface area (Å²) in [5.74, 6) is 0. The van der Waals surface area contributed by atoms with Crippen molar-refractivity contribution in [3.63, 3.8) is 0 Å². The number of urea groups is 1. The molecule has 0 aromatic heterocycles. The van der Waals surface area contributed by atoms with Crippen molar-refractivity contribution in [1.29, 1.82) is 0 Å². The average Bonchev–Trinajstić information content (AvgIpc) is 2.17. The van der Waals surface area contributed by atoms with E-state index < -0.39 is 0 Å². The topological polar surface area (TPSA) is 32.3 Å². The van der Waals surface area contributed by atoms with Gasteiger partial charge in [0.2, 0.25) is 0 Å². The predicted molar refractivity (Wildman–Crippen MR) is 66.5 cm³/mol. The van der Waals surface area contributed by atoms with Crippen molar-refractivity contribution >= 4 is 24.5 Å². The number of amides is 2. The van der Waals surface area contributed by atoms with Crippen LogP contribution in [-0.4, -0.2) is 12.6 Å². The van der Waals surface area contributed by atoms with Crippen LogP contribution >= 0.6 is 12.8 Å². The van der Waals surface area contributed by atoms with E-state index in [2.05, 4.69) is 18.1 Å². The summed E-state index contributed by atoms with van der Waals surface area (Å²) in [7, 11) is 0. The first-order valence-corrected chi connectivity index (χ1v) is 5.30. The first-order chi connectivity index (χ1) is 7.06. The number of aryl methyl sites for hydroxylation is 2. The van der Waals surface area contributed by atoms with E-state index in [9.17, 15) is 4.79 Å². The third-order valence-corrected chi connectivity index (χ3v) is 2.50. The van der Waals surface area contributed by atoms with Gasteiger partial charge in [-0.05, 0) is 32.4 Å². The molecule has 0 fully saturated rings. The number of hydrogen-bond acceptors (Lipinski definition) is 2. The molecule has 82 valence electrons. The Kier molecular flexibility index (Phi) is 4.03. The molecule has 3 nitrogen and oxygen atoms in total. The van der Waals surface area contributed by atoms with Gasteiger partial charge in [0.25, 0.3) is 0 Å². The zero-order valence-corrected chi connectivity index (χ0v) is 10.1. The maximum Gasteiger partial charge on any atom is 0.331 e. The number of rotatable bonds is 2. The molecular weight excluding hydrogens is 208 g/mol. The van der Waals surface area contributed by atoms with Crippen molar-refractivity contribution in [3.05, 3.63) is 29.3 Å². The lowest BCUT2D eigenvalue weighted by Gasteiger charge is -2.18. The summed E-state index contributed by atoms with van der Waals surface area (Å²) in [6.07, 6.45) is 0. The number of anilines is 1. The first kappa shape index (κ1) is 11.9. The highest BCUT2D eigenvalue weighted by molar-refractivity contribution is 7.82. The van der Waals surface area contributed by atoms with Gasteiger partial charge in [0.15, 0.2) is 0 Å². The third kappa shape index (κ3) is 2.89. The molecule has 0 radical (unpaired) electrons. The first-order valence-electron chi connectivity index (χ1n) is 4.90. The number of benzene rings is 1. The maximum absolute atomic E-state index is 11.5. The molecule has 4 heteroatoms. The SMILES string of the molecule is CCNC(=O)N(S)c1ccc(C)cc1C. The van der Waals surface area contributed by atoms with Gasteiger partial charge in [0.05, 0.1) is 5.69 Å². The molecule has 15 heavy (non-hydrogen) atoms. The lowest BCUT2D eigenvalue weighted by molar-refractivity contribution is 0.250. The van der Waals surface area contributed by atoms with E-state index in [1.807, 2.05) is 39.0 Å². The highest BCUT2D eigenvalue weighted by Crippen LogP contribution is 2.22. The van der Waals surface area contributed by atoms with Gasteiger partial charge < -0.3 is 5.32 Å². The van der Waals surface area contributed by atoms with E-state index in [1.54, 1.807) is 0 Å². The van der Waals surface area contributed by atoms with Crippen LogP contribution in [0.4, 0.5) is 10.5 Å². The molecule has 1 N–H and O–H groups in total. The van der Waals surface area contributed by atoms with E-state index in [-0.39, 0.29) is 6.03 Å². The van der Waals surface area contributed by atoms with Crippen LogP contribution in [0.5, 0.6) is 0 Å². The molecule has 0 spiro atoms. The number of thiol groups is 1. The Balaban J connectivity index is 2.91. The number of nitrogens with zero attached hydrogens (tertiary/aromatic N) is 1. The molecule has 0 saturated carbocycles. The van der Waals surface area contributed by atoms with Crippen molar-refractivity contribution in [2.75, 3.05) is 10.8 Å². The predicted octanol–water partition coefficient (Wildman–Crippen LogP) is 2.68. The Bertz CT molecular complexity index is 366. The fourth-order valence-corrected chi connectivity index (χ4v) is 1.67. The summed E-state index contributed by atoms with van der Waals surface area (Å²) in [6.45, 7) is 6.46. The summed E-state index contributed by atoms with van der Waals surface area (Å²) >= 11 is 4.17. The molecule has 1 rings (SSSR count). The smallest absolute Gasteiger partial charge is 0.331 e. The van der Waals surface area contributed by atoms with E-state index in [1.165, 1.54) is 9.87 Å². The minimum absolute atomic E-state index is 0.201. The van der Waals surface area contributed by atoms with Crippen LogP contribution in [0.25, 0.3) is 0 Å². The largest absolute Gasteiger partial charge is 0.337 e. The van der Waals surface area contributed by atoms with E-state index in [0.29, 0.717) is 6.54 Å². The van der Waals surface area contributed by atoms with E-state index >= 15 is 0 Å². The molecule has 1 aromatic carbocycles. The second-order valence-electron chi connectivity index (χ2n) is 3.44. The van der Waals surface area contributed by atoms with Crippen LogP contribution in [-0.2, 0) is 0 Å². The molecule has 0 aliphatic heterocycles. The second-order valence-corrected chi connectivity index (χ2v) is 3.84. The summed E-state index contributed by atoms with van der Waals surface area (Å²) < 4.78 is 1.33. The van der Waals surface area contributed by atoms with Gasteiger partial charge in [0, 0.05) is 6.54 Å². The van der Waals surface area contributed by atoms with Crippen LogP contribution in [0.1, 0.15) is 18.1 Å². The highest BCUT2D eigenvalue weighted by atomic mass is 32.1. The highest BCUT2D eigenvalue weighted by Gasteiger charge is 2.12. The summed E-state index contributed by atoms with van der Waals surface area (Å²) in [6, 6.07) is 5.68. The Morgan fingerprint density at radius 3 is 2.67 bits per heavy atom. The Morgan fingerprint density at radius 2 is 2.13 bits per heavy atom. The van der Waals surface area contributed by atoms with Crippen LogP contribution in [0, 0.1) is 13.8 Å². The molecule has 0 aliphatic carbocycles. The van der Waals surface area contributed by atoms with E-state index in [0.717, 1.165) is 11.3 Å². The fraction of sp³-hybridized carbons (Fsp3) is 0.364. The zero-order chi connectivity index (χ0) is 11.4. The number of carbonyl (C=O) groups is 1. The van der Waals surface area contributed by atoms with Crippen molar-refractivity contribution in [1.82, 2.24) is 5.32 Å². The lowest BCUT2D eigenvalue weighted by Crippen LogP contribution is -2.34. The van der Waals surface area contributed by atoms with Gasteiger partial charge in [-0.1, -0.05) is 30.5 Å². The van der Waals surface area contributed by atoms with Crippen LogP contribution in [0.2, 0.25) is 0 Å². The average molecular weight is 224 g/mol. The molecule has 0 unspecified atom stereocenters. The Morgan fingerprint density at radius 1 is 1.47 bits per heavy atom. The molecule has 0 heterocycles. The normalized spacial score (nSPS) is 9.87. The van der Waals surface area contributed by atoms with Gasteiger partial charge in [-0.2, -0.15) is 0 Å². The monoisotopic (exact) mass is 224 g/mol.